The molecule has 0 aromatic heterocycles. The van der Waals surface area contributed by atoms with Crippen molar-refractivity contribution in [3.05, 3.63) is 0 Å². The van der Waals surface area contributed by atoms with Crippen LogP contribution in [0.2, 0.25) is 13.6 Å². The van der Waals surface area contributed by atoms with Crippen molar-refractivity contribution < 1.29 is 0 Å². The topological polar surface area (TPSA) is 0 Å². The summed E-state index contributed by atoms with van der Waals surface area (Å²) in [5.74, 6) is 0. The van der Waals surface area contributed by atoms with Gasteiger partial charge in [-0.3, -0.25) is 0 Å². The lowest BCUT2D eigenvalue weighted by Crippen LogP contribution is -2.34. The van der Waals surface area contributed by atoms with Crippen molar-refractivity contribution in [3.8, 4) is 0 Å². The zero-order valence-electron chi connectivity index (χ0n) is 9.94. The molecule has 0 aliphatic carbocycles. The molecule has 0 nitrogen and oxygen atoms in total. The predicted octanol–water partition coefficient (Wildman–Crippen LogP) is -5.97. The molecule has 0 aliphatic rings. The Hall–Kier alpha value is 0.714. The van der Waals surface area contributed by atoms with Crippen LogP contribution in [0.3, 0.4) is 0 Å². The average molecular weight is 160 g/mol. The van der Waals surface area contributed by atoms with Gasteiger partial charge in [-0.15, -0.1) is 0 Å². The van der Waals surface area contributed by atoms with Crippen LogP contribution in [-0.4, -0.2) is 77.9 Å². The maximum atomic E-state index is 2.32. The molecule has 0 spiro atoms. The molecule has 0 fully saturated rings. The number of hydrogen-bond acceptors (Lipinski definition) is 0. The first-order valence-corrected chi connectivity index (χ1v) is 6.27. The second-order valence-corrected chi connectivity index (χ2v) is 4.66. The molecule has 0 saturated carbocycles. The Morgan fingerprint density at radius 1 is 0.769 bits per heavy atom. The Balaban J connectivity index is 2.84. The van der Waals surface area contributed by atoms with Crippen LogP contribution in [0.15, 0.2) is 0 Å². The zero-order valence-corrected chi connectivity index (χ0v) is 9.94. The van der Waals surface area contributed by atoms with Crippen molar-refractivity contribution >= 4 is 77.9 Å². The third-order valence-electron chi connectivity index (χ3n) is 2.64. The van der Waals surface area contributed by atoms with Gasteiger partial charge >= 0.3 is 0 Å². The highest BCUT2D eigenvalue weighted by Gasteiger charge is 2.03. The van der Waals surface area contributed by atoms with Crippen LogP contribution in [0.4, 0.5) is 0 Å². The van der Waals surface area contributed by atoms with E-state index in [4.69, 9.17) is 0 Å². The van der Waals surface area contributed by atoms with Gasteiger partial charge in [-0.1, -0.05) is 13.6 Å². The summed E-state index contributed by atoms with van der Waals surface area (Å²) in [5, 5.41) is 0. The summed E-state index contributed by atoms with van der Waals surface area (Å²) < 4.78 is 0. The van der Waals surface area contributed by atoms with Crippen LogP contribution in [0.5, 0.6) is 0 Å². The van der Waals surface area contributed by atoms with E-state index in [-0.39, 0.29) is 0 Å². The summed E-state index contributed by atoms with van der Waals surface area (Å²) in [6.45, 7) is 5.54. The Morgan fingerprint density at radius 2 is 1.23 bits per heavy atom. The highest BCUT2D eigenvalue weighted by molar-refractivity contribution is 7.70. The van der Waals surface area contributed by atoms with E-state index in [2.05, 4.69) is 21.4 Å². The van der Waals surface area contributed by atoms with Crippen molar-refractivity contribution in [2.45, 2.75) is 13.6 Å². The van der Waals surface area contributed by atoms with Gasteiger partial charge in [0.1, 0.15) is 0 Å². The van der Waals surface area contributed by atoms with E-state index in [0.29, 0.717) is 0 Å². The molecule has 0 bridgehead atoms. The lowest BCUT2D eigenvalue weighted by molar-refractivity contribution is 2.10. The third kappa shape index (κ3) is 12.7. The molecule has 0 N–H and O–H groups in total. The molecule has 0 heterocycles. The lowest BCUT2D eigenvalue weighted by Gasteiger charge is -1.95. The van der Waals surface area contributed by atoms with Gasteiger partial charge in [0.2, 0.25) is 0 Å². The van der Waals surface area contributed by atoms with Gasteiger partial charge in [0.15, 0.2) is 0 Å². The van der Waals surface area contributed by atoms with E-state index in [9.17, 15) is 0 Å². The molecule has 58 valence electrons. The molecule has 0 aromatic carbocycles. The summed E-state index contributed by atoms with van der Waals surface area (Å²) >= 11 is 0. The van der Waals surface area contributed by atoms with E-state index in [0.717, 1.165) is 6.60 Å². The van der Waals surface area contributed by atoms with Crippen LogP contribution in [0.25, 0.3) is 0 Å². The Kier molecular flexibility index (Phi) is 11.4. The molecule has 0 rings (SSSR count). The quantitative estimate of drug-likeness (QED) is 0.233. The Labute approximate surface area is 91.8 Å². The zero-order chi connectivity index (χ0) is 9.94. The fourth-order valence-electron chi connectivity index (χ4n) is 1.69. The SMILES string of the molecule is BBBBBBBBBBB(C)C. The monoisotopic (exact) mass is 162 g/mol. The molecule has 0 unspecified atom stereocenters. The molecular formula is C2H17B11. The smallest absolute Gasteiger partial charge is 0.0888 e. The third-order valence-corrected chi connectivity index (χ3v) is 2.64. The minimum atomic E-state index is 0.903. The normalized spacial score (nSPS) is 7.54. The van der Waals surface area contributed by atoms with Gasteiger partial charge in [0.05, 0.1) is 21.4 Å². The molecule has 0 radical (unpaired) electrons. The summed E-state index contributed by atoms with van der Waals surface area (Å²) in [4.78, 5) is 0. The molecule has 13 heavy (non-hydrogen) atoms. The van der Waals surface area contributed by atoms with Gasteiger partial charge in [-0.2, -0.15) is 0 Å². The minimum absolute atomic E-state index is 0.903. The van der Waals surface area contributed by atoms with Crippen molar-refractivity contribution in [1.82, 2.24) is 0 Å². The second-order valence-electron chi connectivity index (χ2n) is 4.66. The summed E-state index contributed by atoms with van der Waals surface area (Å²) in [6, 6.07) is 0. The molecular weight excluding hydrogens is 143 g/mol. The molecule has 11 heteroatoms. The number of rotatable bonds is 9. The first-order chi connectivity index (χ1) is 6.27. The van der Waals surface area contributed by atoms with Crippen LogP contribution < -0.4 is 0 Å². The predicted molar refractivity (Wildman–Crippen MR) is 90.4 cm³/mol. The standard InChI is InChI=1S/C2H17B11/c1-13(2)12-11-10-9-8-7-6-5-4-3/h4-12H,3H2,1-2H3. The van der Waals surface area contributed by atoms with Crippen LogP contribution in [0.1, 0.15) is 0 Å². The van der Waals surface area contributed by atoms with Gasteiger partial charge < -0.3 is 0 Å². The Bertz CT molecular complexity index is 92.1. The first-order valence-electron chi connectivity index (χ1n) is 6.27. The van der Waals surface area contributed by atoms with Crippen LogP contribution >= 0.6 is 0 Å². The minimum Gasteiger partial charge on any atom is -0.0933 e. The summed E-state index contributed by atoms with van der Waals surface area (Å²) in [6.07, 6.45) is 0. The van der Waals surface area contributed by atoms with Gasteiger partial charge in [-0.25, -0.2) is 0 Å². The van der Waals surface area contributed by atoms with Crippen molar-refractivity contribution in [2.75, 3.05) is 0 Å². The highest BCUT2D eigenvalue weighted by Crippen LogP contribution is 1.71. The summed E-state index contributed by atoms with van der Waals surface area (Å²) in [5.41, 5.74) is 0. The highest BCUT2D eigenvalue weighted by atomic mass is 13.1. The van der Waals surface area contributed by atoms with Gasteiger partial charge in [0.25, 0.3) is 0 Å². The molecule has 0 aromatic rings. The lowest BCUT2D eigenvalue weighted by atomic mass is 8.87. The maximum Gasteiger partial charge on any atom is 0.0888 e. The fourth-order valence-corrected chi connectivity index (χ4v) is 1.69. The molecule has 0 aliphatic heterocycles. The van der Waals surface area contributed by atoms with E-state index in [1.165, 1.54) is 63.5 Å². The average Bonchev–Trinajstić information content (AvgIpc) is 2.09. The van der Waals surface area contributed by atoms with Gasteiger partial charge in [0, 0.05) is 56.5 Å². The van der Waals surface area contributed by atoms with E-state index in [1.807, 2.05) is 0 Å². The number of hydrogen-bond donors (Lipinski definition) is 0. The fraction of sp³-hybridized carbons (Fsp3) is 1.00. The summed E-state index contributed by atoms with van der Waals surface area (Å²) in [7, 11) is 15.3. The van der Waals surface area contributed by atoms with E-state index >= 15 is 0 Å². The van der Waals surface area contributed by atoms with Gasteiger partial charge in [-0.05, 0) is 0 Å². The maximum absolute atomic E-state index is 2.32. The van der Waals surface area contributed by atoms with E-state index < -0.39 is 0 Å². The van der Waals surface area contributed by atoms with Crippen molar-refractivity contribution in [1.29, 1.82) is 0 Å². The molecule has 0 atom stereocenters. The van der Waals surface area contributed by atoms with Crippen LogP contribution in [0, 0.1) is 0 Å². The first kappa shape index (κ1) is 13.7. The van der Waals surface area contributed by atoms with E-state index in [1.54, 1.807) is 0 Å². The van der Waals surface area contributed by atoms with Crippen molar-refractivity contribution in [3.63, 3.8) is 0 Å². The van der Waals surface area contributed by atoms with Crippen LogP contribution in [-0.2, 0) is 0 Å². The largest absolute Gasteiger partial charge is 0.0933 e. The molecule has 0 saturated heterocycles. The molecule has 0 amide bonds. The van der Waals surface area contributed by atoms with Crippen molar-refractivity contribution in [2.24, 2.45) is 0 Å². The second kappa shape index (κ2) is 10.8. The Morgan fingerprint density at radius 3 is 1.69 bits per heavy atom.